The summed E-state index contributed by atoms with van der Waals surface area (Å²) in [5.74, 6) is 1.52. The van der Waals surface area contributed by atoms with Crippen molar-refractivity contribution in [2.45, 2.75) is 77.2 Å². The van der Waals surface area contributed by atoms with Gasteiger partial charge in [0.15, 0.2) is 5.69 Å². The Bertz CT molecular complexity index is 1650. The standard InChI is InChI=1S/C38H48ClN7O3/c1-37(2,3)49-36(47)45-15-12-32(13-16-45)46-24-33(25-46)43-17-19-44(20-18-43)35-41-14-11-30(42-35)26-48-34-9-7-27(8-10-34)38(4,5)28-21-29(39)23-31(22-28)40-6/h7-11,14,21-23,32-33H,12-13,15-20,24-26H2,1-5H3. The predicted octanol–water partition coefficient (Wildman–Crippen LogP) is 6.79. The fourth-order valence-electron chi connectivity index (χ4n) is 6.95. The third-order valence-electron chi connectivity index (χ3n) is 10.0. The van der Waals surface area contributed by atoms with Crippen LogP contribution in [0, 0.1) is 6.57 Å². The molecule has 11 heteroatoms. The number of nitrogens with zero attached hydrogens (tertiary/aromatic N) is 7. The van der Waals surface area contributed by atoms with E-state index in [1.54, 1.807) is 6.07 Å². The van der Waals surface area contributed by atoms with Crippen LogP contribution in [0.15, 0.2) is 54.7 Å². The number of likely N-dealkylation sites (tertiary alicyclic amines) is 2. The molecule has 1 aromatic heterocycles. The number of hydrogen-bond donors (Lipinski definition) is 0. The third-order valence-corrected chi connectivity index (χ3v) is 10.3. The lowest BCUT2D eigenvalue weighted by Gasteiger charge is -2.52. The number of rotatable bonds is 8. The number of anilines is 1. The molecule has 0 N–H and O–H groups in total. The van der Waals surface area contributed by atoms with E-state index in [0.29, 0.717) is 29.4 Å². The van der Waals surface area contributed by atoms with Crippen molar-refractivity contribution in [2.24, 2.45) is 0 Å². The molecule has 3 fully saturated rings. The Labute approximate surface area is 295 Å². The molecule has 0 radical (unpaired) electrons. The van der Waals surface area contributed by atoms with Crippen LogP contribution in [0.3, 0.4) is 0 Å². The zero-order chi connectivity index (χ0) is 34.8. The second kappa shape index (κ2) is 14.5. The molecule has 3 aliphatic rings. The van der Waals surface area contributed by atoms with E-state index in [1.807, 2.05) is 62.2 Å². The van der Waals surface area contributed by atoms with Crippen LogP contribution < -0.4 is 9.64 Å². The molecule has 0 aliphatic carbocycles. The van der Waals surface area contributed by atoms with Crippen molar-refractivity contribution in [2.75, 3.05) is 57.3 Å². The van der Waals surface area contributed by atoms with Crippen LogP contribution in [-0.2, 0) is 16.8 Å². The quantitative estimate of drug-likeness (QED) is 0.240. The molecule has 2 aromatic carbocycles. The molecule has 10 nitrogen and oxygen atoms in total. The summed E-state index contributed by atoms with van der Waals surface area (Å²) in [6.07, 6.45) is 3.65. The Morgan fingerprint density at radius 3 is 2.24 bits per heavy atom. The molecule has 1 amide bonds. The first kappa shape index (κ1) is 34.9. The van der Waals surface area contributed by atoms with Gasteiger partial charge in [0.25, 0.3) is 0 Å². The van der Waals surface area contributed by atoms with Crippen molar-refractivity contribution in [3.63, 3.8) is 0 Å². The van der Waals surface area contributed by atoms with Crippen molar-refractivity contribution in [3.05, 3.63) is 88.0 Å². The summed E-state index contributed by atoms with van der Waals surface area (Å²) in [7, 11) is 0. The van der Waals surface area contributed by atoms with Gasteiger partial charge in [-0.2, -0.15) is 0 Å². The SMILES string of the molecule is [C-]#[N+]c1cc(Cl)cc(C(C)(C)c2ccc(OCc3ccnc(N4CCN(C5CN(C6CCN(C(=O)OC(C)(C)C)CC6)C5)CC4)n3)cc2)c1. The number of amides is 1. The van der Waals surface area contributed by atoms with E-state index >= 15 is 0 Å². The Balaban J connectivity index is 0.943. The van der Waals surface area contributed by atoms with Gasteiger partial charge in [-0.3, -0.25) is 9.80 Å². The Morgan fingerprint density at radius 2 is 1.59 bits per heavy atom. The predicted molar refractivity (Wildman–Crippen MR) is 193 cm³/mol. The van der Waals surface area contributed by atoms with Crippen molar-refractivity contribution in [1.29, 1.82) is 0 Å². The van der Waals surface area contributed by atoms with Gasteiger partial charge in [0.2, 0.25) is 5.95 Å². The number of hydrogen-bond acceptors (Lipinski definition) is 8. The molecule has 260 valence electrons. The average molecular weight is 686 g/mol. The van der Waals surface area contributed by atoms with E-state index in [1.165, 1.54) is 0 Å². The second-order valence-electron chi connectivity index (χ2n) is 14.9. The summed E-state index contributed by atoms with van der Waals surface area (Å²) in [4.78, 5) is 34.7. The minimum Gasteiger partial charge on any atom is -0.487 e. The normalized spacial score (nSPS) is 18.6. The summed E-state index contributed by atoms with van der Waals surface area (Å²) in [6.45, 7) is 25.3. The van der Waals surface area contributed by atoms with Crippen LogP contribution in [0.4, 0.5) is 16.4 Å². The maximum Gasteiger partial charge on any atom is 0.410 e. The second-order valence-corrected chi connectivity index (χ2v) is 15.4. The van der Waals surface area contributed by atoms with E-state index in [9.17, 15) is 4.79 Å². The first-order chi connectivity index (χ1) is 23.4. The zero-order valence-corrected chi connectivity index (χ0v) is 30.1. The van der Waals surface area contributed by atoms with Crippen molar-refractivity contribution in [3.8, 4) is 5.75 Å². The van der Waals surface area contributed by atoms with Gasteiger partial charge < -0.3 is 19.3 Å². The van der Waals surface area contributed by atoms with E-state index in [2.05, 4.69) is 50.5 Å². The van der Waals surface area contributed by atoms with Crippen molar-refractivity contribution < 1.29 is 14.3 Å². The maximum absolute atomic E-state index is 12.4. The summed E-state index contributed by atoms with van der Waals surface area (Å²) >= 11 is 6.29. The topological polar surface area (TPSA) is 78.6 Å². The highest BCUT2D eigenvalue weighted by atomic mass is 35.5. The minimum absolute atomic E-state index is 0.189. The van der Waals surface area contributed by atoms with E-state index < -0.39 is 5.60 Å². The molecule has 0 saturated carbocycles. The highest BCUT2D eigenvalue weighted by molar-refractivity contribution is 6.31. The number of piperazine rings is 1. The Kier molecular flexibility index (Phi) is 10.4. The van der Waals surface area contributed by atoms with Crippen LogP contribution in [0.5, 0.6) is 5.75 Å². The monoisotopic (exact) mass is 685 g/mol. The first-order valence-corrected chi connectivity index (χ1v) is 17.7. The number of benzene rings is 2. The highest BCUT2D eigenvalue weighted by Gasteiger charge is 2.39. The van der Waals surface area contributed by atoms with Crippen LogP contribution >= 0.6 is 11.6 Å². The van der Waals surface area contributed by atoms with Gasteiger partial charge in [-0.05, 0) is 75.1 Å². The lowest BCUT2D eigenvalue weighted by molar-refractivity contribution is -0.0226. The van der Waals surface area contributed by atoms with Crippen LogP contribution in [0.25, 0.3) is 4.85 Å². The maximum atomic E-state index is 12.4. The van der Waals surface area contributed by atoms with Gasteiger partial charge in [0, 0.05) is 81.1 Å². The van der Waals surface area contributed by atoms with Gasteiger partial charge in [-0.15, -0.1) is 0 Å². The van der Waals surface area contributed by atoms with Gasteiger partial charge in [-0.1, -0.05) is 43.6 Å². The molecule has 49 heavy (non-hydrogen) atoms. The molecule has 6 rings (SSSR count). The minimum atomic E-state index is -0.453. The van der Waals surface area contributed by atoms with Gasteiger partial charge >= 0.3 is 6.09 Å². The molecule has 4 heterocycles. The number of piperidine rings is 1. The summed E-state index contributed by atoms with van der Waals surface area (Å²) in [5, 5.41) is 0.569. The van der Waals surface area contributed by atoms with Crippen molar-refractivity contribution >= 4 is 29.3 Å². The largest absolute Gasteiger partial charge is 0.487 e. The summed E-state index contributed by atoms with van der Waals surface area (Å²) < 4.78 is 11.7. The molecular formula is C38H48ClN7O3. The molecule has 3 saturated heterocycles. The number of halogens is 1. The van der Waals surface area contributed by atoms with E-state index in [4.69, 9.17) is 32.6 Å². The molecule has 0 spiro atoms. The van der Waals surface area contributed by atoms with Crippen LogP contribution in [0.1, 0.15) is 64.3 Å². The van der Waals surface area contributed by atoms with Crippen LogP contribution in [-0.4, -0.2) is 101 Å². The average Bonchev–Trinajstić information content (AvgIpc) is 3.06. The molecular weight excluding hydrogens is 638 g/mol. The van der Waals surface area contributed by atoms with Crippen LogP contribution in [0.2, 0.25) is 5.02 Å². The van der Waals surface area contributed by atoms with Gasteiger partial charge in [0.1, 0.15) is 18.0 Å². The third kappa shape index (κ3) is 8.46. The Morgan fingerprint density at radius 1 is 0.898 bits per heavy atom. The zero-order valence-electron chi connectivity index (χ0n) is 29.4. The van der Waals surface area contributed by atoms with E-state index in [-0.39, 0.29) is 11.5 Å². The highest BCUT2D eigenvalue weighted by Crippen LogP contribution is 2.36. The number of carbonyl (C=O) groups is 1. The molecule has 3 aromatic rings. The first-order valence-electron chi connectivity index (χ1n) is 17.3. The smallest absolute Gasteiger partial charge is 0.410 e. The number of ether oxygens (including phenoxy) is 2. The fraction of sp³-hybridized carbons (Fsp3) is 0.526. The summed E-state index contributed by atoms with van der Waals surface area (Å²) in [6, 6.07) is 16.7. The lowest BCUT2D eigenvalue weighted by atomic mass is 9.78. The molecule has 0 bridgehead atoms. The van der Waals surface area contributed by atoms with Gasteiger partial charge in [-0.25, -0.2) is 19.6 Å². The molecule has 0 atom stereocenters. The molecule has 0 unspecified atom stereocenters. The van der Waals surface area contributed by atoms with Crippen molar-refractivity contribution in [1.82, 2.24) is 24.7 Å². The van der Waals surface area contributed by atoms with Gasteiger partial charge in [0.05, 0.1) is 12.3 Å². The molecule has 3 aliphatic heterocycles. The lowest BCUT2D eigenvalue weighted by Crippen LogP contribution is -2.66. The summed E-state index contributed by atoms with van der Waals surface area (Å²) in [5.41, 5.74) is 2.71. The number of aromatic nitrogens is 2. The Hall–Kier alpha value is -3.91. The fourth-order valence-corrected chi connectivity index (χ4v) is 7.18. The van der Waals surface area contributed by atoms with E-state index in [0.717, 1.165) is 93.7 Å². The number of carbonyl (C=O) groups excluding carboxylic acids is 1.